The molecule has 38 heavy (non-hydrogen) atoms. The number of rotatable bonds is 5. The zero-order chi connectivity index (χ0) is 28.5. The van der Waals surface area contributed by atoms with Gasteiger partial charge in [0.1, 0.15) is 0 Å². The van der Waals surface area contributed by atoms with E-state index >= 15 is 0 Å². The number of hydrogen-bond acceptors (Lipinski definition) is 5. The standard InChI is InChI=1S/C14H15N3O.C9H6N2.C5H11ClNO.ClH/c1-17(2,3)11-14(18)16-13-8-6-12(7-9-13)5-4-10-15;10-7-1-2-8-3-5-9(11)6-4-8;1-7(2,3)4-5(6)8;/h6-9H,11H2,1-3H3;3-6H,11H2;4H2,1-3H3;1H/q;;+1;. The number of carbonyl (C=O) groups is 2. The molecule has 0 aromatic heterocycles. The van der Waals surface area contributed by atoms with Gasteiger partial charge in [-0.3, -0.25) is 9.59 Å². The molecule has 200 valence electrons. The Morgan fingerprint density at radius 3 is 1.50 bits per heavy atom. The summed E-state index contributed by atoms with van der Waals surface area (Å²) in [7, 11) is 11.6. The second-order valence-electron chi connectivity index (χ2n) is 9.72. The van der Waals surface area contributed by atoms with Gasteiger partial charge in [0, 0.05) is 34.3 Å². The molecule has 0 bridgehead atoms. The molecule has 0 aliphatic heterocycles. The van der Waals surface area contributed by atoms with Gasteiger partial charge in [-0.25, -0.2) is 0 Å². The Morgan fingerprint density at radius 1 is 0.789 bits per heavy atom. The summed E-state index contributed by atoms with van der Waals surface area (Å²) in [6, 6.07) is 17.6. The maximum atomic E-state index is 11.7. The minimum absolute atomic E-state index is 0. The Labute approximate surface area is 237 Å². The first kappa shape index (κ1) is 36.1. The lowest BCUT2D eigenvalue weighted by Gasteiger charge is -2.22. The summed E-state index contributed by atoms with van der Waals surface area (Å²) >= 11 is 5.11. The lowest BCUT2D eigenvalue weighted by molar-refractivity contribution is -0.861. The molecule has 8 nitrogen and oxygen atoms in total. The van der Waals surface area contributed by atoms with E-state index in [0.29, 0.717) is 27.7 Å². The van der Waals surface area contributed by atoms with E-state index in [1.165, 1.54) is 0 Å². The van der Waals surface area contributed by atoms with Crippen molar-refractivity contribution < 1.29 is 31.0 Å². The number of nitrogens with two attached hydrogens (primary N) is 1. The van der Waals surface area contributed by atoms with Crippen LogP contribution in [-0.2, 0) is 9.59 Å². The van der Waals surface area contributed by atoms with E-state index in [2.05, 4.69) is 29.0 Å². The lowest BCUT2D eigenvalue weighted by Crippen LogP contribution is -3.00. The number of halogens is 2. The van der Waals surface area contributed by atoms with Crippen LogP contribution in [0, 0.1) is 46.3 Å². The zero-order valence-corrected chi connectivity index (χ0v) is 24.0. The molecule has 0 heterocycles. The summed E-state index contributed by atoms with van der Waals surface area (Å²) in [5, 5.41) is 19.0. The van der Waals surface area contributed by atoms with Crippen molar-refractivity contribution in [1.82, 2.24) is 0 Å². The quantitative estimate of drug-likeness (QED) is 0.229. The normalized spacial score (nSPS) is 9.29. The third kappa shape index (κ3) is 21.3. The van der Waals surface area contributed by atoms with Crippen LogP contribution >= 0.6 is 11.6 Å². The molecule has 2 aromatic rings. The van der Waals surface area contributed by atoms with Crippen molar-refractivity contribution in [3.63, 3.8) is 0 Å². The van der Waals surface area contributed by atoms with Crippen LogP contribution in [0.4, 0.5) is 11.4 Å². The molecule has 0 fully saturated rings. The van der Waals surface area contributed by atoms with Crippen LogP contribution in [0.25, 0.3) is 0 Å². The van der Waals surface area contributed by atoms with Gasteiger partial charge in [-0.1, -0.05) is 11.8 Å². The first-order valence-electron chi connectivity index (χ1n) is 11.0. The molecule has 10 heteroatoms. The molecule has 3 N–H and O–H groups in total. The van der Waals surface area contributed by atoms with Crippen molar-refractivity contribution in [3.05, 3.63) is 59.7 Å². The average molecular weight is 557 g/mol. The van der Waals surface area contributed by atoms with Gasteiger partial charge in [-0.15, -0.1) is 0 Å². The van der Waals surface area contributed by atoms with Gasteiger partial charge in [-0.2, -0.15) is 10.5 Å². The largest absolute Gasteiger partial charge is 1.00 e. The van der Waals surface area contributed by atoms with Gasteiger partial charge in [0.05, 0.1) is 42.3 Å². The van der Waals surface area contributed by atoms with Gasteiger partial charge in [0.15, 0.2) is 25.2 Å². The number of amides is 1. The van der Waals surface area contributed by atoms with Crippen LogP contribution in [-0.4, -0.2) is 75.5 Å². The Hall–Kier alpha value is -4.02. The van der Waals surface area contributed by atoms with Gasteiger partial charge in [0.25, 0.3) is 11.1 Å². The van der Waals surface area contributed by atoms with Crippen molar-refractivity contribution in [3.8, 4) is 35.8 Å². The molecule has 2 aromatic carbocycles. The Kier molecular flexibility index (Phi) is 17.4. The molecule has 2 rings (SSSR count). The summed E-state index contributed by atoms with van der Waals surface area (Å²) in [5.41, 5.74) is 8.43. The number of benzene rings is 2. The highest BCUT2D eigenvalue weighted by Crippen LogP contribution is 2.09. The number of nitrogens with zero attached hydrogens (tertiary/aromatic N) is 4. The highest BCUT2D eigenvalue weighted by atomic mass is 35.5. The Bertz CT molecular complexity index is 1240. The summed E-state index contributed by atoms with van der Waals surface area (Å²) in [5.74, 6) is 9.93. The SMILES string of the molecule is C[N+](C)(C)CC(=O)Cl.C[N+](C)(C)CC(=O)Nc1ccc(C#CC#N)cc1.N#CC#Cc1ccc(N)cc1.[Cl-]. The Balaban J connectivity index is 0. The Morgan fingerprint density at radius 2 is 1.18 bits per heavy atom. The molecule has 1 amide bonds. The van der Waals surface area contributed by atoms with Crippen molar-refractivity contribution in [2.45, 2.75) is 0 Å². The van der Waals surface area contributed by atoms with E-state index in [1.54, 1.807) is 60.7 Å². The first-order valence-corrected chi connectivity index (χ1v) is 11.4. The summed E-state index contributed by atoms with van der Waals surface area (Å²) < 4.78 is 1.18. The molecular formula is C28H33Cl2N6O2+. The molecular weight excluding hydrogens is 523 g/mol. The lowest BCUT2D eigenvalue weighted by atomic mass is 10.2. The number of hydrogen-bond donors (Lipinski definition) is 2. The summed E-state index contributed by atoms with van der Waals surface area (Å²) in [6.45, 7) is 0.803. The fourth-order valence-corrected chi connectivity index (χ4v) is 2.77. The van der Waals surface area contributed by atoms with E-state index in [4.69, 9.17) is 27.9 Å². The van der Waals surface area contributed by atoms with E-state index in [0.717, 1.165) is 16.8 Å². The molecule has 0 radical (unpaired) electrons. The highest BCUT2D eigenvalue weighted by Gasteiger charge is 2.14. The van der Waals surface area contributed by atoms with Crippen LogP contribution in [0.5, 0.6) is 0 Å². The predicted molar refractivity (Wildman–Crippen MR) is 148 cm³/mol. The molecule has 0 unspecified atom stereocenters. The van der Waals surface area contributed by atoms with Gasteiger partial charge < -0.3 is 32.4 Å². The second-order valence-corrected chi connectivity index (χ2v) is 10.1. The first-order chi connectivity index (χ1) is 17.1. The summed E-state index contributed by atoms with van der Waals surface area (Å²) in [4.78, 5) is 21.9. The second kappa shape index (κ2) is 18.3. The maximum Gasteiger partial charge on any atom is 0.279 e. The van der Waals surface area contributed by atoms with Gasteiger partial charge >= 0.3 is 0 Å². The third-order valence-corrected chi connectivity index (χ3v) is 3.94. The van der Waals surface area contributed by atoms with E-state index in [-0.39, 0.29) is 23.6 Å². The molecule has 0 saturated carbocycles. The zero-order valence-electron chi connectivity index (χ0n) is 22.5. The van der Waals surface area contributed by atoms with Gasteiger partial charge in [0.2, 0.25) is 0 Å². The highest BCUT2D eigenvalue weighted by molar-refractivity contribution is 6.63. The number of likely N-dealkylation sites (N-methyl/N-ethyl adjacent to an activating group) is 2. The number of nitriles is 2. The maximum absolute atomic E-state index is 11.7. The van der Waals surface area contributed by atoms with E-state index in [9.17, 15) is 9.59 Å². The van der Waals surface area contributed by atoms with Crippen LogP contribution in [0.2, 0.25) is 0 Å². The number of nitrogens with one attached hydrogen (secondary N) is 1. The predicted octanol–water partition coefficient (Wildman–Crippen LogP) is -0.188. The average Bonchev–Trinajstić information content (AvgIpc) is 2.76. The monoisotopic (exact) mass is 555 g/mol. The van der Waals surface area contributed by atoms with Crippen LogP contribution in [0.1, 0.15) is 11.1 Å². The van der Waals surface area contributed by atoms with Crippen LogP contribution in [0.3, 0.4) is 0 Å². The van der Waals surface area contributed by atoms with Crippen LogP contribution < -0.4 is 23.5 Å². The van der Waals surface area contributed by atoms with Crippen molar-refractivity contribution in [2.75, 3.05) is 66.4 Å². The number of nitrogen functional groups attached to an aromatic ring is 1. The molecule has 0 aliphatic rings. The van der Waals surface area contributed by atoms with Gasteiger partial charge in [-0.05, 0) is 60.1 Å². The topological polar surface area (TPSA) is 120 Å². The van der Waals surface area contributed by atoms with Crippen molar-refractivity contribution in [2.24, 2.45) is 0 Å². The number of quaternary nitrogens is 2. The van der Waals surface area contributed by atoms with Crippen molar-refractivity contribution >= 4 is 34.1 Å². The fourth-order valence-electron chi connectivity index (χ4n) is 2.41. The molecule has 0 saturated heterocycles. The van der Waals surface area contributed by atoms with Crippen molar-refractivity contribution in [1.29, 1.82) is 10.5 Å². The molecule has 0 atom stereocenters. The minimum Gasteiger partial charge on any atom is -1.00 e. The van der Waals surface area contributed by atoms with E-state index in [1.807, 2.05) is 42.3 Å². The fraction of sp³-hybridized carbons (Fsp3) is 0.286. The summed E-state index contributed by atoms with van der Waals surface area (Å²) in [6.07, 6.45) is 0. The third-order valence-electron chi connectivity index (χ3n) is 3.82. The van der Waals surface area contributed by atoms with Crippen LogP contribution in [0.15, 0.2) is 48.5 Å². The molecule has 0 aliphatic carbocycles. The number of carbonyl (C=O) groups excluding carboxylic acids is 2. The number of anilines is 2. The van der Waals surface area contributed by atoms with E-state index < -0.39 is 0 Å². The molecule has 0 spiro atoms. The minimum atomic E-state index is -0.280. The smallest absolute Gasteiger partial charge is 0.279 e.